The summed E-state index contributed by atoms with van der Waals surface area (Å²) < 4.78 is 0. The molecule has 0 aliphatic rings. The number of aromatic nitrogens is 5. The first-order chi connectivity index (χ1) is 10.3. The van der Waals surface area contributed by atoms with Crippen LogP contribution in [0, 0.1) is 0 Å². The average molecular weight is 281 g/mol. The highest BCUT2D eigenvalue weighted by molar-refractivity contribution is 5.99. The number of nitrogens with two attached hydrogens (primary N) is 1. The second-order valence-corrected chi connectivity index (χ2v) is 4.13. The fraction of sp³-hybridized carbons (Fsp3) is 0. The van der Waals surface area contributed by atoms with Crippen molar-refractivity contribution in [1.29, 1.82) is 0 Å². The first-order valence-electron chi connectivity index (χ1n) is 6.08. The summed E-state index contributed by atoms with van der Waals surface area (Å²) in [5.41, 5.74) is 6.87. The molecule has 8 nitrogen and oxygen atoms in total. The summed E-state index contributed by atoms with van der Waals surface area (Å²) in [6.07, 6.45) is 1.56. The molecule has 0 fully saturated rings. The number of amidine groups is 1. The lowest BCUT2D eigenvalue weighted by atomic mass is 10.2. The first-order valence-corrected chi connectivity index (χ1v) is 6.08. The summed E-state index contributed by atoms with van der Waals surface area (Å²) in [6, 6.07) is 12.8. The van der Waals surface area contributed by atoms with E-state index < -0.39 is 0 Å². The highest BCUT2D eigenvalue weighted by Gasteiger charge is 2.14. The van der Waals surface area contributed by atoms with Gasteiger partial charge in [0.25, 0.3) is 0 Å². The molecule has 0 unspecified atom stereocenters. The maximum atomic E-state index is 8.81. The van der Waals surface area contributed by atoms with Gasteiger partial charge in [0.1, 0.15) is 0 Å². The van der Waals surface area contributed by atoms with Crippen molar-refractivity contribution in [2.24, 2.45) is 10.9 Å². The molecule has 2 heterocycles. The molecule has 0 saturated carbocycles. The number of hydrogen-bond donors (Lipinski definition) is 2. The van der Waals surface area contributed by atoms with Crippen LogP contribution in [0.2, 0.25) is 0 Å². The minimum absolute atomic E-state index is 0.0725. The molecule has 104 valence electrons. The molecule has 0 aliphatic carbocycles. The Bertz CT molecular complexity index is 782. The molecular formula is C13H11N7O. The van der Waals surface area contributed by atoms with Gasteiger partial charge in [-0.3, -0.25) is 0 Å². The summed E-state index contributed by atoms with van der Waals surface area (Å²) in [5, 5.41) is 24.0. The van der Waals surface area contributed by atoms with Gasteiger partial charge in [0.05, 0.1) is 5.56 Å². The minimum atomic E-state index is -0.0725. The molecule has 3 rings (SSSR count). The van der Waals surface area contributed by atoms with Crippen LogP contribution in [-0.4, -0.2) is 36.2 Å². The van der Waals surface area contributed by atoms with Gasteiger partial charge in [-0.25, -0.2) is 4.98 Å². The molecule has 0 atom stereocenters. The predicted octanol–water partition coefficient (Wildman–Crippen LogP) is 0.819. The van der Waals surface area contributed by atoms with Crippen molar-refractivity contribution in [3.63, 3.8) is 0 Å². The molecular weight excluding hydrogens is 270 g/mol. The molecule has 0 radical (unpaired) electrons. The zero-order chi connectivity index (χ0) is 14.7. The number of oxime groups is 1. The number of nitrogens with zero attached hydrogens (tertiary/aromatic N) is 6. The van der Waals surface area contributed by atoms with Crippen molar-refractivity contribution in [2.45, 2.75) is 0 Å². The van der Waals surface area contributed by atoms with E-state index in [2.05, 4.69) is 25.6 Å². The smallest absolute Gasteiger partial charge is 0.205 e. The van der Waals surface area contributed by atoms with Gasteiger partial charge in [-0.05, 0) is 17.3 Å². The predicted molar refractivity (Wildman–Crippen MR) is 74.9 cm³/mol. The Morgan fingerprint density at radius 1 is 1.14 bits per heavy atom. The zero-order valence-electron chi connectivity index (χ0n) is 10.8. The number of tetrazole rings is 1. The van der Waals surface area contributed by atoms with E-state index in [0.29, 0.717) is 17.2 Å². The molecule has 3 aromatic rings. The fourth-order valence-electron chi connectivity index (χ4n) is 1.82. The summed E-state index contributed by atoms with van der Waals surface area (Å²) in [6.45, 7) is 0. The van der Waals surface area contributed by atoms with E-state index in [4.69, 9.17) is 10.9 Å². The normalized spacial score (nSPS) is 11.5. The molecule has 8 heteroatoms. The highest BCUT2D eigenvalue weighted by atomic mass is 16.4. The van der Waals surface area contributed by atoms with Crippen LogP contribution >= 0.6 is 0 Å². The van der Waals surface area contributed by atoms with Crippen LogP contribution in [0.15, 0.2) is 53.8 Å². The monoisotopic (exact) mass is 281 g/mol. The number of hydrogen-bond acceptors (Lipinski definition) is 6. The van der Waals surface area contributed by atoms with Gasteiger partial charge in [-0.2, -0.15) is 0 Å². The van der Waals surface area contributed by atoms with Gasteiger partial charge < -0.3 is 10.9 Å². The topological polar surface area (TPSA) is 115 Å². The van der Waals surface area contributed by atoms with Gasteiger partial charge in [-0.1, -0.05) is 35.5 Å². The summed E-state index contributed by atoms with van der Waals surface area (Å²) in [5.74, 6) is 0.728. The molecule has 21 heavy (non-hydrogen) atoms. The van der Waals surface area contributed by atoms with Crippen molar-refractivity contribution in [2.75, 3.05) is 0 Å². The largest absolute Gasteiger partial charge is 0.409 e. The van der Waals surface area contributed by atoms with Crippen LogP contribution in [0.5, 0.6) is 0 Å². The maximum absolute atomic E-state index is 8.81. The van der Waals surface area contributed by atoms with E-state index in [1.54, 1.807) is 18.3 Å². The third-order valence-electron chi connectivity index (χ3n) is 2.81. The van der Waals surface area contributed by atoms with Gasteiger partial charge in [0.2, 0.25) is 5.82 Å². The van der Waals surface area contributed by atoms with E-state index in [0.717, 1.165) is 5.56 Å². The Balaban J connectivity index is 2.05. The van der Waals surface area contributed by atoms with Crippen LogP contribution in [0.4, 0.5) is 0 Å². The summed E-state index contributed by atoms with van der Waals surface area (Å²) >= 11 is 0. The molecule has 0 spiro atoms. The van der Waals surface area contributed by atoms with Gasteiger partial charge in [-0.15, -0.1) is 15.0 Å². The van der Waals surface area contributed by atoms with Crippen molar-refractivity contribution < 1.29 is 5.21 Å². The molecule has 2 aromatic heterocycles. The Morgan fingerprint density at radius 2 is 1.95 bits per heavy atom. The fourth-order valence-corrected chi connectivity index (χ4v) is 1.82. The van der Waals surface area contributed by atoms with Crippen molar-refractivity contribution in [3.8, 4) is 17.2 Å². The van der Waals surface area contributed by atoms with Crippen molar-refractivity contribution >= 4 is 5.84 Å². The lowest BCUT2D eigenvalue weighted by Crippen LogP contribution is -2.18. The lowest BCUT2D eigenvalue weighted by Gasteiger charge is -2.04. The van der Waals surface area contributed by atoms with E-state index in [1.165, 1.54) is 4.80 Å². The Morgan fingerprint density at radius 3 is 2.71 bits per heavy atom. The Hall–Kier alpha value is -3.29. The first kappa shape index (κ1) is 12.7. The van der Waals surface area contributed by atoms with Crippen LogP contribution in [0.1, 0.15) is 5.56 Å². The molecule has 0 saturated heterocycles. The molecule has 0 aliphatic heterocycles. The van der Waals surface area contributed by atoms with E-state index in [-0.39, 0.29) is 5.84 Å². The molecule has 3 N–H and O–H groups in total. The third-order valence-corrected chi connectivity index (χ3v) is 2.81. The summed E-state index contributed by atoms with van der Waals surface area (Å²) in [4.78, 5) is 5.40. The van der Waals surface area contributed by atoms with Crippen molar-refractivity contribution in [1.82, 2.24) is 25.2 Å². The van der Waals surface area contributed by atoms with E-state index in [9.17, 15) is 0 Å². The van der Waals surface area contributed by atoms with Crippen molar-refractivity contribution in [3.05, 3.63) is 54.2 Å². The quantitative estimate of drug-likeness (QED) is 0.318. The Labute approximate surface area is 119 Å². The van der Waals surface area contributed by atoms with Crippen LogP contribution < -0.4 is 5.73 Å². The van der Waals surface area contributed by atoms with Gasteiger partial charge >= 0.3 is 0 Å². The van der Waals surface area contributed by atoms with Crippen LogP contribution in [0.3, 0.4) is 0 Å². The Kier molecular flexibility index (Phi) is 3.26. The SMILES string of the molecule is N/C(=N\O)c1cccnc1-n1nnc(-c2ccccc2)n1. The average Bonchev–Trinajstić information content (AvgIpc) is 3.05. The number of pyridine rings is 1. The van der Waals surface area contributed by atoms with E-state index in [1.807, 2.05) is 30.3 Å². The number of benzene rings is 1. The molecule has 0 bridgehead atoms. The van der Waals surface area contributed by atoms with Gasteiger partial charge in [0, 0.05) is 11.8 Å². The zero-order valence-corrected chi connectivity index (χ0v) is 10.8. The second-order valence-electron chi connectivity index (χ2n) is 4.13. The van der Waals surface area contributed by atoms with E-state index >= 15 is 0 Å². The molecule has 0 amide bonds. The van der Waals surface area contributed by atoms with Gasteiger partial charge in [0.15, 0.2) is 11.7 Å². The lowest BCUT2D eigenvalue weighted by molar-refractivity contribution is 0.318. The van der Waals surface area contributed by atoms with Crippen LogP contribution in [0.25, 0.3) is 17.2 Å². The standard InChI is InChI=1S/C13H11N7O/c14-11(18-21)10-7-4-8-15-13(10)20-17-12(16-19-20)9-5-2-1-3-6-9/h1-8,21H,(H2,14,18). The molecule has 1 aromatic carbocycles. The second kappa shape index (κ2) is 5.37. The maximum Gasteiger partial charge on any atom is 0.205 e. The summed E-state index contributed by atoms with van der Waals surface area (Å²) in [7, 11) is 0. The number of rotatable bonds is 3. The third kappa shape index (κ3) is 2.41. The minimum Gasteiger partial charge on any atom is -0.409 e. The highest BCUT2D eigenvalue weighted by Crippen LogP contribution is 2.14. The van der Waals surface area contributed by atoms with Crippen LogP contribution in [-0.2, 0) is 0 Å².